The first-order chi connectivity index (χ1) is 15.1. The first-order valence-corrected chi connectivity index (χ1v) is 11.9. The molecule has 0 bridgehead atoms. The first kappa shape index (κ1) is 26.9. The highest BCUT2D eigenvalue weighted by Crippen LogP contribution is 2.18. The fraction of sp³-hybridized carbons (Fsp3) is 0.654. The van der Waals surface area contributed by atoms with Crippen LogP contribution in [0.3, 0.4) is 0 Å². The van der Waals surface area contributed by atoms with Crippen molar-refractivity contribution in [1.82, 2.24) is 0 Å². The van der Waals surface area contributed by atoms with Gasteiger partial charge in [-0.3, -0.25) is 14.4 Å². The molecule has 1 aromatic carbocycles. The average Bonchev–Trinajstić information content (AvgIpc) is 2.79. The SMILES string of the molecule is CCCCCCCCCCCC(=O)C[C@H](CCC(=O)OCc1ccccc1)C(=O)OC. The highest BCUT2D eigenvalue weighted by molar-refractivity contribution is 5.84. The van der Waals surface area contributed by atoms with E-state index in [-0.39, 0.29) is 37.6 Å². The maximum atomic E-state index is 12.3. The van der Waals surface area contributed by atoms with E-state index in [2.05, 4.69) is 6.92 Å². The van der Waals surface area contributed by atoms with Crippen LogP contribution in [0.25, 0.3) is 0 Å². The Bertz CT molecular complexity index is 626. The molecule has 0 radical (unpaired) electrons. The highest BCUT2D eigenvalue weighted by atomic mass is 16.5. The van der Waals surface area contributed by atoms with Crippen molar-refractivity contribution in [3.63, 3.8) is 0 Å². The lowest BCUT2D eigenvalue weighted by Gasteiger charge is -2.14. The summed E-state index contributed by atoms with van der Waals surface area (Å²) < 4.78 is 10.1. The lowest BCUT2D eigenvalue weighted by atomic mass is 9.94. The van der Waals surface area contributed by atoms with Crippen LogP contribution in [-0.4, -0.2) is 24.8 Å². The second kappa shape index (κ2) is 17.5. The van der Waals surface area contributed by atoms with E-state index < -0.39 is 11.9 Å². The molecule has 0 aromatic heterocycles. The molecule has 1 rings (SSSR count). The van der Waals surface area contributed by atoms with E-state index in [9.17, 15) is 14.4 Å². The lowest BCUT2D eigenvalue weighted by Crippen LogP contribution is -2.21. The Labute approximate surface area is 187 Å². The Morgan fingerprint density at radius 1 is 0.839 bits per heavy atom. The van der Waals surface area contributed by atoms with Crippen LogP contribution < -0.4 is 0 Å². The average molecular weight is 433 g/mol. The van der Waals surface area contributed by atoms with E-state index in [1.54, 1.807) is 0 Å². The summed E-state index contributed by atoms with van der Waals surface area (Å²) in [6.07, 6.45) is 11.8. The van der Waals surface area contributed by atoms with Crippen LogP contribution in [0.4, 0.5) is 0 Å². The van der Waals surface area contributed by atoms with Crippen molar-refractivity contribution in [2.45, 2.75) is 97.0 Å². The molecule has 0 unspecified atom stereocenters. The maximum Gasteiger partial charge on any atom is 0.309 e. The van der Waals surface area contributed by atoms with Crippen molar-refractivity contribution in [3.05, 3.63) is 35.9 Å². The molecule has 0 heterocycles. The van der Waals surface area contributed by atoms with Crippen LogP contribution >= 0.6 is 0 Å². The van der Waals surface area contributed by atoms with Gasteiger partial charge in [-0.25, -0.2) is 0 Å². The summed E-state index contributed by atoms with van der Waals surface area (Å²) in [5.74, 6) is -1.32. The Morgan fingerprint density at radius 3 is 2.06 bits per heavy atom. The van der Waals surface area contributed by atoms with E-state index in [0.29, 0.717) is 6.42 Å². The summed E-state index contributed by atoms with van der Waals surface area (Å²) in [7, 11) is 1.31. The van der Waals surface area contributed by atoms with E-state index >= 15 is 0 Å². The number of rotatable bonds is 18. The quantitative estimate of drug-likeness (QED) is 0.205. The van der Waals surface area contributed by atoms with Gasteiger partial charge in [-0.05, 0) is 18.4 Å². The molecule has 0 aliphatic carbocycles. The van der Waals surface area contributed by atoms with Gasteiger partial charge in [-0.1, -0.05) is 88.6 Å². The molecule has 0 aliphatic heterocycles. The predicted molar refractivity (Wildman–Crippen MR) is 122 cm³/mol. The number of benzene rings is 1. The smallest absolute Gasteiger partial charge is 0.309 e. The third-order valence-electron chi connectivity index (χ3n) is 5.51. The minimum absolute atomic E-state index is 0.0657. The van der Waals surface area contributed by atoms with Gasteiger partial charge in [0.15, 0.2) is 0 Å². The van der Waals surface area contributed by atoms with Gasteiger partial charge in [0.25, 0.3) is 0 Å². The molecule has 31 heavy (non-hydrogen) atoms. The molecule has 5 heteroatoms. The number of esters is 2. The predicted octanol–water partition coefficient (Wildman–Crippen LogP) is 6.18. The van der Waals surface area contributed by atoms with E-state index in [4.69, 9.17) is 9.47 Å². The molecule has 0 N–H and O–H groups in total. The van der Waals surface area contributed by atoms with Crippen LogP contribution in [0, 0.1) is 5.92 Å². The third-order valence-corrected chi connectivity index (χ3v) is 5.51. The van der Waals surface area contributed by atoms with Gasteiger partial charge in [0.2, 0.25) is 0 Å². The molecule has 0 saturated heterocycles. The largest absolute Gasteiger partial charge is 0.469 e. The second-order valence-electron chi connectivity index (χ2n) is 8.23. The Hall–Kier alpha value is -2.17. The van der Waals surface area contributed by atoms with Crippen molar-refractivity contribution in [1.29, 1.82) is 0 Å². The summed E-state index contributed by atoms with van der Waals surface area (Å²) in [6.45, 7) is 2.43. The summed E-state index contributed by atoms with van der Waals surface area (Å²) >= 11 is 0. The van der Waals surface area contributed by atoms with Crippen LogP contribution in [0.5, 0.6) is 0 Å². The number of Topliss-reactive ketones (excluding diaryl/α,β-unsaturated/α-hetero) is 1. The van der Waals surface area contributed by atoms with Crippen LogP contribution in [0.1, 0.15) is 96.0 Å². The maximum absolute atomic E-state index is 12.3. The van der Waals surface area contributed by atoms with Crippen molar-refractivity contribution in [2.75, 3.05) is 7.11 Å². The topological polar surface area (TPSA) is 69.7 Å². The number of unbranched alkanes of at least 4 members (excludes halogenated alkanes) is 8. The van der Waals surface area contributed by atoms with Crippen LogP contribution in [-0.2, 0) is 30.5 Å². The molecule has 0 fully saturated rings. The standard InChI is InChI=1S/C26H40O5/c1-3-4-5-6-7-8-9-10-14-17-24(27)20-23(26(29)30-2)18-19-25(28)31-21-22-15-12-11-13-16-22/h11-13,15-16,23H,3-10,14,17-21H2,1-2H3/t23-/m0/s1. The van der Waals surface area contributed by atoms with Gasteiger partial charge < -0.3 is 9.47 Å². The van der Waals surface area contributed by atoms with E-state index in [1.807, 2.05) is 30.3 Å². The monoisotopic (exact) mass is 432 g/mol. The summed E-state index contributed by atoms with van der Waals surface area (Å²) in [5.41, 5.74) is 0.913. The minimum Gasteiger partial charge on any atom is -0.469 e. The summed E-state index contributed by atoms with van der Waals surface area (Å²) in [6, 6.07) is 9.44. The van der Waals surface area contributed by atoms with Gasteiger partial charge in [0, 0.05) is 19.3 Å². The molecule has 1 aromatic rings. The first-order valence-electron chi connectivity index (χ1n) is 11.9. The summed E-state index contributed by atoms with van der Waals surface area (Å²) in [4.78, 5) is 36.4. The van der Waals surface area contributed by atoms with E-state index in [0.717, 1.165) is 24.8 Å². The van der Waals surface area contributed by atoms with Crippen LogP contribution in [0.2, 0.25) is 0 Å². The molecule has 0 aliphatic rings. The second-order valence-corrected chi connectivity index (χ2v) is 8.23. The number of methoxy groups -OCH3 is 1. The van der Waals surface area contributed by atoms with Gasteiger partial charge in [-0.2, -0.15) is 0 Å². The number of carbonyl (C=O) groups is 3. The third kappa shape index (κ3) is 13.7. The zero-order valence-corrected chi connectivity index (χ0v) is 19.4. The normalized spacial score (nSPS) is 11.7. The number of hydrogen-bond acceptors (Lipinski definition) is 5. The zero-order valence-electron chi connectivity index (χ0n) is 19.4. The molecule has 0 saturated carbocycles. The van der Waals surface area contributed by atoms with Crippen molar-refractivity contribution >= 4 is 17.7 Å². The molecule has 0 amide bonds. The number of carbonyl (C=O) groups excluding carboxylic acids is 3. The minimum atomic E-state index is -0.583. The van der Waals surface area contributed by atoms with Gasteiger partial charge in [0.1, 0.15) is 12.4 Å². The Kier molecular flexibility index (Phi) is 15.2. The van der Waals surface area contributed by atoms with E-state index in [1.165, 1.54) is 45.6 Å². The van der Waals surface area contributed by atoms with Crippen molar-refractivity contribution < 1.29 is 23.9 Å². The highest BCUT2D eigenvalue weighted by Gasteiger charge is 2.23. The van der Waals surface area contributed by atoms with Gasteiger partial charge in [0.05, 0.1) is 13.0 Å². The fourth-order valence-corrected chi connectivity index (χ4v) is 3.58. The van der Waals surface area contributed by atoms with Gasteiger partial charge >= 0.3 is 11.9 Å². The van der Waals surface area contributed by atoms with Gasteiger partial charge in [-0.15, -0.1) is 0 Å². The fourth-order valence-electron chi connectivity index (χ4n) is 3.58. The Balaban J connectivity index is 2.22. The molecule has 1 atom stereocenters. The number of ether oxygens (including phenoxy) is 2. The number of ketones is 1. The zero-order chi connectivity index (χ0) is 22.7. The molecular weight excluding hydrogens is 392 g/mol. The van der Waals surface area contributed by atoms with Crippen molar-refractivity contribution in [2.24, 2.45) is 5.92 Å². The molecule has 5 nitrogen and oxygen atoms in total. The Morgan fingerprint density at radius 2 is 1.45 bits per heavy atom. The number of hydrogen-bond donors (Lipinski definition) is 0. The molecule has 174 valence electrons. The molecular formula is C26H40O5. The lowest BCUT2D eigenvalue weighted by molar-refractivity contribution is -0.149. The molecule has 0 spiro atoms. The summed E-state index contributed by atoms with van der Waals surface area (Å²) in [5, 5.41) is 0. The van der Waals surface area contributed by atoms with Crippen LogP contribution in [0.15, 0.2) is 30.3 Å². The van der Waals surface area contributed by atoms with Crippen molar-refractivity contribution in [3.8, 4) is 0 Å².